The molecule has 0 atom stereocenters. The van der Waals surface area contributed by atoms with Crippen LogP contribution in [0.25, 0.3) is 0 Å². The second-order valence-corrected chi connectivity index (χ2v) is 5.72. The van der Waals surface area contributed by atoms with Crippen LogP contribution in [0.3, 0.4) is 0 Å². The number of hydrogen-bond acceptors (Lipinski definition) is 2. The Labute approximate surface area is 124 Å². The van der Waals surface area contributed by atoms with Gasteiger partial charge in [-0.05, 0) is 30.9 Å². The van der Waals surface area contributed by atoms with Crippen LogP contribution in [0.15, 0.2) is 24.3 Å². The molecule has 0 aliphatic carbocycles. The third-order valence-electron chi connectivity index (χ3n) is 3.89. The molecule has 0 radical (unpaired) electrons. The van der Waals surface area contributed by atoms with E-state index in [9.17, 15) is 13.2 Å². The fraction of sp³-hybridized carbons (Fsp3) is 0.625. The second kappa shape index (κ2) is 7.16. The zero-order valence-corrected chi connectivity index (χ0v) is 12.4. The highest BCUT2D eigenvalue weighted by molar-refractivity contribution is 5.51. The van der Waals surface area contributed by atoms with Crippen molar-refractivity contribution < 1.29 is 13.2 Å². The van der Waals surface area contributed by atoms with Gasteiger partial charge in [0, 0.05) is 24.8 Å². The molecule has 0 unspecified atom stereocenters. The molecule has 2 nitrogen and oxygen atoms in total. The van der Waals surface area contributed by atoms with Gasteiger partial charge in [0.2, 0.25) is 0 Å². The second-order valence-electron chi connectivity index (χ2n) is 5.72. The van der Waals surface area contributed by atoms with Crippen molar-refractivity contribution in [1.82, 2.24) is 4.90 Å². The van der Waals surface area contributed by atoms with Crippen molar-refractivity contribution in [2.24, 2.45) is 0 Å². The molecule has 0 spiro atoms. The number of nitrogens with zero attached hydrogens (tertiary/aromatic N) is 1. The molecule has 5 heteroatoms. The van der Waals surface area contributed by atoms with Gasteiger partial charge in [0.05, 0.1) is 6.54 Å². The third-order valence-corrected chi connectivity index (χ3v) is 3.89. The lowest BCUT2D eigenvalue weighted by molar-refractivity contribution is -0.147. The smallest absolute Gasteiger partial charge is 0.382 e. The summed E-state index contributed by atoms with van der Waals surface area (Å²) in [6, 6.07) is 8.48. The lowest BCUT2D eigenvalue weighted by atomic mass is 10.0. The fourth-order valence-electron chi connectivity index (χ4n) is 2.86. The molecule has 1 aliphatic rings. The van der Waals surface area contributed by atoms with E-state index in [2.05, 4.69) is 24.4 Å². The quantitative estimate of drug-likeness (QED) is 0.881. The van der Waals surface area contributed by atoms with E-state index in [0.29, 0.717) is 13.1 Å². The third kappa shape index (κ3) is 5.23. The number of likely N-dealkylation sites (tertiary alicyclic amines) is 1. The predicted molar refractivity (Wildman–Crippen MR) is 79.6 cm³/mol. The molecule has 118 valence electrons. The van der Waals surface area contributed by atoms with Gasteiger partial charge in [0.1, 0.15) is 0 Å². The number of alkyl halides is 3. The summed E-state index contributed by atoms with van der Waals surface area (Å²) in [5.74, 6) is 0. The van der Waals surface area contributed by atoms with E-state index in [-0.39, 0.29) is 6.04 Å². The van der Waals surface area contributed by atoms with E-state index in [1.807, 2.05) is 12.1 Å². The van der Waals surface area contributed by atoms with Crippen molar-refractivity contribution in [3.63, 3.8) is 0 Å². The van der Waals surface area contributed by atoms with Crippen LogP contribution in [0.1, 0.15) is 31.7 Å². The minimum atomic E-state index is -4.09. The molecule has 0 saturated carbocycles. The molecule has 1 fully saturated rings. The van der Waals surface area contributed by atoms with Gasteiger partial charge in [-0.25, -0.2) is 0 Å². The summed E-state index contributed by atoms with van der Waals surface area (Å²) in [6.45, 7) is 2.37. The normalized spacial score (nSPS) is 17.9. The van der Waals surface area contributed by atoms with Crippen molar-refractivity contribution in [2.75, 3.05) is 25.0 Å². The molecule has 0 amide bonds. The summed E-state index contributed by atoms with van der Waals surface area (Å²) in [5.41, 5.74) is 2.42. The standard InChI is InChI=1S/C16H23F3N2/c1-2-5-13-6-3-4-7-15(13)20-14-8-10-21(11-9-14)12-16(17,18)19/h3-4,6-7,14,20H,2,5,8-12H2,1H3. The highest BCUT2D eigenvalue weighted by Crippen LogP contribution is 2.23. The van der Waals surface area contributed by atoms with E-state index in [1.54, 1.807) is 0 Å². The molecule has 1 heterocycles. The Kier molecular flexibility index (Phi) is 5.51. The zero-order chi connectivity index (χ0) is 15.3. The maximum atomic E-state index is 12.4. The number of benzene rings is 1. The van der Waals surface area contributed by atoms with Crippen molar-refractivity contribution in [3.05, 3.63) is 29.8 Å². The van der Waals surface area contributed by atoms with Gasteiger partial charge in [0.25, 0.3) is 0 Å². The molecule has 1 N–H and O–H groups in total. The first-order valence-electron chi connectivity index (χ1n) is 7.61. The maximum absolute atomic E-state index is 12.4. The van der Waals surface area contributed by atoms with Gasteiger partial charge in [0.15, 0.2) is 0 Å². The van der Waals surface area contributed by atoms with Crippen molar-refractivity contribution in [2.45, 2.75) is 44.8 Å². The molecule has 0 aromatic heterocycles. The first-order valence-corrected chi connectivity index (χ1v) is 7.61. The van der Waals surface area contributed by atoms with Crippen LogP contribution in [0.5, 0.6) is 0 Å². The van der Waals surface area contributed by atoms with Gasteiger partial charge in [-0.15, -0.1) is 0 Å². The molecular formula is C16H23F3N2. The number of nitrogens with one attached hydrogen (secondary N) is 1. The molecule has 1 aromatic rings. The highest BCUT2D eigenvalue weighted by Gasteiger charge is 2.32. The van der Waals surface area contributed by atoms with Gasteiger partial charge in [-0.1, -0.05) is 31.5 Å². The van der Waals surface area contributed by atoms with Crippen LogP contribution in [0.2, 0.25) is 0 Å². The van der Waals surface area contributed by atoms with E-state index < -0.39 is 12.7 Å². The Balaban J connectivity index is 1.86. The van der Waals surface area contributed by atoms with Crippen LogP contribution >= 0.6 is 0 Å². The largest absolute Gasteiger partial charge is 0.401 e. The first kappa shape index (κ1) is 16.1. The summed E-state index contributed by atoms with van der Waals surface area (Å²) in [7, 11) is 0. The van der Waals surface area contributed by atoms with Crippen LogP contribution in [0.4, 0.5) is 18.9 Å². The molecule has 1 aliphatic heterocycles. The average molecular weight is 300 g/mol. The molecule has 1 saturated heterocycles. The van der Waals surface area contributed by atoms with Gasteiger partial charge in [-0.3, -0.25) is 4.90 Å². The number of anilines is 1. The molecule has 1 aromatic carbocycles. The van der Waals surface area contributed by atoms with Crippen LogP contribution < -0.4 is 5.32 Å². The number of halogens is 3. The molecule has 2 rings (SSSR count). The van der Waals surface area contributed by atoms with E-state index >= 15 is 0 Å². The summed E-state index contributed by atoms with van der Waals surface area (Å²) >= 11 is 0. The minimum Gasteiger partial charge on any atom is -0.382 e. The Morgan fingerprint density at radius 1 is 1.19 bits per heavy atom. The molecular weight excluding hydrogens is 277 g/mol. The average Bonchev–Trinajstić information content (AvgIpc) is 2.42. The SMILES string of the molecule is CCCc1ccccc1NC1CCN(CC(F)(F)F)CC1. The maximum Gasteiger partial charge on any atom is 0.401 e. The van der Waals surface area contributed by atoms with Crippen molar-refractivity contribution >= 4 is 5.69 Å². The Bertz CT molecular complexity index is 437. The summed E-state index contributed by atoms with van der Waals surface area (Å²) in [5, 5.41) is 3.51. The van der Waals surface area contributed by atoms with E-state index in [0.717, 1.165) is 31.4 Å². The topological polar surface area (TPSA) is 15.3 Å². The Morgan fingerprint density at radius 2 is 1.86 bits per heavy atom. The lowest BCUT2D eigenvalue weighted by Crippen LogP contribution is -2.43. The number of rotatable bonds is 5. The van der Waals surface area contributed by atoms with Crippen molar-refractivity contribution in [3.8, 4) is 0 Å². The molecule has 0 bridgehead atoms. The lowest BCUT2D eigenvalue weighted by Gasteiger charge is -2.33. The summed E-state index contributed by atoms with van der Waals surface area (Å²) < 4.78 is 37.1. The van der Waals surface area contributed by atoms with Gasteiger partial charge >= 0.3 is 6.18 Å². The van der Waals surface area contributed by atoms with Crippen molar-refractivity contribution in [1.29, 1.82) is 0 Å². The number of hydrogen-bond donors (Lipinski definition) is 1. The number of aryl methyl sites for hydroxylation is 1. The summed E-state index contributed by atoms with van der Waals surface area (Å²) in [4.78, 5) is 1.50. The minimum absolute atomic E-state index is 0.271. The predicted octanol–water partition coefficient (Wildman–Crippen LogP) is 4.08. The summed E-state index contributed by atoms with van der Waals surface area (Å²) in [6.07, 6.45) is -0.458. The fourth-order valence-corrected chi connectivity index (χ4v) is 2.86. The first-order chi connectivity index (χ1) is 9.98. The van der Waals surface area contributed by atoms with E-state index in [4.69, 9.17) is 0 Å². The van der Waals surface area contributed by atoms with Crippen LogP contribution in [0, 0.1) is 0 Å². The highest BCUT2D eigenvalue weighted by atomic mass is 19.4. The van der Waals surface area contributed by atoms with E-state index in [1.165, 1.54) is 10.5 Å². The van der Waals surface area contributed by atoms with Gasteiger partial charge in [-0.2, -0.15) is 13.2 Å². The number of para-hydroxylation sites is 1. The number of piperidine rings is 1. The molecule has 21 heavy (non-hydrogen) atoms. The zero-order valence-electron chi connectivity index (χ0n) is 12.4. The Morgan fingerprint density at radius 3 is 2.48 bits per heavy atom. The Hall–Kier alpha value is -1.23. The monoisotopic (exact) mass is 300 g/mol. The van der Waals surface area contributed by atoms with Crippen LogP contribution in [-0.2, 0) is 6.42 Å². The van der Waals surface area contributed by atoms with Crippen LogP contribution in [-0.4, -0.2) is 36.8 Å². The van der Waals surface area contributed by atoms with Gasteiger partial charge < -0.3 is 5.32 Å².